The molecule has 4 amide bonds. The molecule has 0 bridgehead atoms. The van der Waals surface area contributed by atoms with Gasteiger partial charge in [0.25, 0.3) is 5.91 Å². The van der Waals surface area contributed by atoms with Gasteiger partial charge in [-0.1, -0.05) is 56.8 Å². The average Bonchev–Trinajstić information content (AvgIpc) is 3.70. The van der Waals surface area contributed by atoms with E-state index in [1.165, 1.54) is 11.0 Å². The molecule has 1 aliphatic heterocycles. The Labute approximate surface area is 265 Å². The van der Waals surface area contributed by atoms with Gasteiger partial charge in [0.05, 0.1) is 19.1 Å². The summed E-state index contributed by atoms with van der Waals surface area (Å²) in [5.74, 6) is -2.25. The molecule has 11 heteroatoms. The van der Waals surface area contributed by atoms with E-state index in [2.05, 4.69) is 17.2 Å². The van der Waals surface area contributed by atoms with E-state index in [9.17, 15) is 29.1 Å². The van der Waals surface area contributed by atoms with Crippen molar-refractivity contribution in [1.29, 1.82) is 0 Å². The zero-order chi connectivity index (χ0) is 32.6. The van der Waals surface area contributed by atoms with Gasteiger partial charge in [-0.15, -0.1) is 12.7 Å². The third-order valence-electron chi connectivity index (χ3n) is 9.25. The summed E-state index contributed by atoms with van der Waals surface area (Å²) in [5.41, 5.74) is 4.66. The second-order valence-corrected chi connectivity index (χ2v) is 13.0. The van der Waals surface area contributed by atoms with Gasteiger partial charge < -0.3 is 31.1 Å². The van der Waals surface area contributed by atoms with Crippen molar-refractivity contribution in [3.05, 3.63) is 42.5 Å². The standard InChI is InChI=1S/C34H47N4O7/c1-3-34(2,44)16-18-45-25-12-7-9-23(19-25)21-28(39)37-29(24-10-5-4-6-11-24)33(43)38-17-8-13-27(38)32(42)36-26(20-22-14-15-22)30(40)31(35)41/h3,7,9,12,19,22,24,26-27,29H,1,4-6,8,10-11,13-18,20-21H2,2H3,(H2,35,41)(H,36,42)(H,37,39)/q-1/t26?,27-,29?,34-/m0/s1. The molecule has 0 radical (unpaired) electrons. The minimum absolute atomic E-state index is 0.0294. The van der Waals surface area contributed by atoms with E-state index >= 15 is 0 Å². The first-order valence-electron chi connectivity index (χ1n) is 16.3. The maximum atomic E-state index is 14.1. The molecule has 11 nitrogen and oxygen atoms in total. The van der Waals surface area contributed by atoms with Crippen LogP contribution in [0.15, 0.2) is 36.9 Å². The van der Waals surface area contributed by atoms with Crippen LogP contribution < -0.4 is 26.2 Å². The zero-order valence-electron chi connectivity index (χ0n) is 26.3. The summed E-state index contributed by atoms with van der Waals surface area (Å²) in [5, 5.41) is 17.8. The molecular formula is C34H47N4O7-. The normalized spacial score (nSPS) is 21.2. The minimum Gasteiger partial charge on any atom is -0.847 e. The molecule has 1 heterocycles. The Morgan fingerprint density at radius 1 is 1.09 bits per heavy atom. The molecule has 3 aliphatic rings. The number of Topliss-reactive ketones (excluding diaryl/α,β-unsaturated/α-hetero) is 1. The Morgan fingerprint density at radius 3 is 2.49 bits per heavy atom. The number of ether oxygens (including phenoxy) is 1. The van der Waals surface area contributed by atoms with Crippen LogP contribution in [0.4, 0.5) is 0 Å². The van der Waals surface area contributed by atoms with Crippen LogP contribution in [0.25, 0.3) is 0 Å². The summed E-state index contributed by atoms with van der Waals surface area (Å²) < 4.78 is 5.74. The van der Waals surface area contributed by atoms with E-state index in [4.69, 9.17) is 10.5 Å². The second-order valence-electron chi connectivity index (χ2n) is 13.0. The van der Waals surface area contributed by atoms with E-state index in [-0.39, 0.29) is 43.1 Å². The molecule has 2 unspecified atom stereocenters. The largest absolute Gasteiger partial charge is 0.847 e. The maximum Gasteiger partial charge on any atom is 0.287 e. The fourth-order valence-electron chi connectivity index (χ4n) is 6.32. The summed E-state index contributed by atoms with van der Waals surface area (Å²) in [6.07, 6.45) is 9.48. The Balaban J connectivity index is 1.42. The van der Waals surface area contributed by atoms with Crippen LogP contribution in [0, 0.1) is 11.8 Å². The molecule has 2 aliphatic carbocycles. The number of hydrogen-bond donors (Lipinski definition) is 3. The molecule has 246 valence electrons. The van der Waals surface area contributed by atoms with E-state index in [1.807, 2.05) is 0 Å². The number of hydrogen-bond acceptors (Lipinski definition) is 7. The van der Waals surface area contributed by atoms with E-state index in [1.54, 1.807) is 31.2 Å². The van der Waals surface area contributed by atoms with Gasteiger partial charge in [0.15, 0.2) is 0 Å². The lowest BCUT2D eigenvalue weighted by molar-refractivity contribution is -0.454. The number of amides is 4. The number of likely N-dealkylation sites (tertiary alicyclic amines) is 1. The van der Waals surface area contributed by atoms with Crippen molar-refractivity contribution in [3.63, 3.8) is 0 Å². The number of rotatable bonds is 16. The number of nitrogens with zero attached hydrogens (tertiary/aromatic N) is 1. The quantitative estimate of drug-likeness (QED) is 0.186. The van der Waals surface area contributed by atoms with Crippen molar-refractivity contribution in [2.75, 3.05) is 13.2 Å². The van der Waals surface area contributed by atoms with Crippen LogP contribution in [0.3, 0.4) is 0 Å². The van der Waals surface area contributed by atoms with Crippen molar-refractivity contribution in [2.24, 2.45) is 17.6 Å². The summed E-state index contributed by atoms with van der Waals surface area (Å²) in [4.78, 5) is 66.4. The molecule has 4 rings (SSSR count). The summed E-state index contributed by atoms with van der Waals surface area (Å²) in [6, 6.07) is 4.51. The van der Waals surface area contributed by atoms with Gasteiger partial charge >= 0.3 is 0 Å². The maximum absolute atomic E-state index is 14.1. The highest BCUT2D eigenvalue weighted by Crippen LogP contribution is 2.34. The number of carbonyl (C=O) groups excluding carboxylic acids is 5. The van der Waals surface area contributed by atoms with Crippen LogP contribution in [-0.2, 0) is 30.4 Å². The van der Waals surface area contributed by atoms with Gasteiger partial charge in [0.2, 0.25) is 23.5 Å². The average molecular weight is 624 g/mol. The molecule has 4 N–H and O–H groups in total. The molecule has 4 atom stereocenters. The predicted octanol–water partition coefficient (Wildman–Crippen LogP) is 1.70. The lowest BCUT2D eigenvalue weighted by atomic mass is 9.83. The van der Waals surface area contributed by atoms with E-state index in [0.717, 1.165) is 44.9 Å². The van der Waals surface area contributed by atoms with Crippen molar-refractivity contribution < 1.29 is 33.8 Å². The van der Waals surface area contributed by atoms with Crippen LogP contribution in [-0.4, -0.2) is 71.2 Å². The van der Waals surface area contributed by atoms with Gasteiger partial charge in [-0.25, -0.2) is 0 Å². The SMILES string of the molecule is C=C[C@](C)([O-])CCOc1cccc(CC(=O)NC(C(=O)N2CCC[C@H]2C(=O)NC(CC2CC2)C(=O)C(N)=O)C2CCCCC2)c1. The van der Waals surface area contributed by atoms with Gasteiger partial charge in [-0.05, 0) is 68.1 Å². The highest BCUT2D eigenvalue weighted by atomic mass is 16.5. The third kappa shape index (κ3) is 9.88. The lowest BCUT2D eigenvalue weighted by Crippen LogP contribution is -2.58. The molecule has 45 heavy (non-hydrogen) atoms. The number of primary amides is 1. The fraction of sp³-hybridized carbons (Fsp3) is 0.618. The summed E-state index contributed by atoms with van der Waals surface area (Å²) in [6.45, 7) is 5.68. The molecule has 0 aromatic heterocycles. The minimum atomic E-state index is -1.29. The first-order valence-corrected chi connectivity index (χ1v) is 16.3. The van der Waals surface area contributed by atoms with Crippen LogP contribution in [0.5, 0.6) is 5.75 Å². The zero-order valence-corrected chi connectivity index (χ0v) is 26.3. The fourth-order valence-corrected chi connectivity index (χ4v) is 6.32. The number of nitrogens with two attached hydrogens (primary N) is 1. The summed E-state index contributed by atoms with van der Waals surface area (Å²) in [7, 11) is 0. The topological polar surface area (TPSA) is 171 Å². The highest BCUT2D eigenvalue weighted by molar-refractivity contribution is 6.37. The number of ketones is 1. The van der Waals surface area contributed by atoms with Gasteiger partial charge in [-0.3, -0.25) is 24.0 Å². The van der Waals surface area contributed by atoms with Crippen LogP contribution in [0.1, 0.15) is 83.1 Å². The molecule has 2 saturated carbocycles. The molecule has 1 aromatic rings. The first-order chi connectivity index (χ1) is 21.5. The predicted molar refractivity (Wildman–Crippen MR) is 166 cm³/mol. The van der Waals surface area contributed by atoms with Crippen molar-refractivity contribution in [2.45, 2.75) is 108 Å². The number of nitrogens with one attached hydrogen (secondary N) is 2. The van der Waals surface area contributed by atoms with E-state index in [0.29, 0.717) is 37.1 Å². The molecular weight excluding hydrogens is 576 g/mol. The number of benzene rings is 1. The number of carbonyl (C=O) groups is 5. The van der Waals surface area contributed by atoms with E-state index < -0.39 is 41.3 Å². The molecule has 1 saturated heterocycles. The molecule has 3 fully saturated rings. The first kappa shape index (κ1) is 34.1. The smallest absolute Gasteiger partial charge is 0.287 e. The van der Waals surface area contributed by atoms with Crippen molar-refractivity contribution in [1.82, 2.24) is 15.5 Å². The van der Waals surface area contributed by atoms with Crippen molar-refractivity contribution in [3.8, 4) is 5.75 Å². The highest BCUT2D eigenvalue weighted by Gasteiger charge is 2.42. The second kappa shape index (κ2) is 15.5. The van der Waals surface area contributed by atoms with Gasteiger partial charge in [0, 0.05) is 6.54 Å². The van der Waals surface area contributed by atoms with Crippen LogP contribution in [0.2, 0.25) is 0 Å². The van der Waals surface area contributed by atoms with Gasteiger partial charge in [0.1, 0.15) is 17.8 Å². The van der Waals surface area contributed by atoms with Gasteiger partial charge in [-0.2, -0.15) is 0 Å². The monoisotopic (exact) mass is 623 g/mol. The summed E-state index contributed by atoms with van der Waals surface area (Å²) >= 11 is 0. The lowest BCUT2D eigenvalue weighted by Gasteiger charge is -2.35. The Morgan fingerprint density at radius 2 is 1.82 bits per heavy atom. The molecule has 1 aromatic carbocycles. The Kier molecular flexibility index (Phi) is 11.8. The Bertz CT molecular complexity index is 1250. The van der Waals surface area contributed by atoms with Crippen molar-refractivity contribution >= 4 is 29.4 Å². The Hall–Kier alpha value is -3.73. The molecule has 0 spiro atoms. The third-order valence-corrected chi connectivity index (χ3v) is 9.25. The van der Waals surface area contributed by atoms with Crippen LogP contribution >= 0.6 is 0 Å².